The normalized spacial score (nSPS) is 38.3. The van der Waals surface area contributed by atoms with Crippen LogP contribution >= 0.6 is 27.3 Å². The smallest absolute Gasteiger partial charge is 0.107 e. The molecule has 1 aliphatic carbocycles. The van der Waals surface area contributed by atoms with Crippen molar-refractivity contribution in [3.8, 4) is 0 Å². The highest BCUT2D eigenvalue weighted by Crippen LogP contribution is 2.50. The van der Waals surface area contributed by atoms with Crippen LogP contribution in [0, 0.1) is 11.8 Å². The van der Waals surface area contributed by atoms with Gasteiger partial charge in [0, 0.05) is 29.8 Å². The average Bonchev–Trinajstić information content (AvgIpc) is 2.68. The monoisotopic (exact) mass is 315 g/mol. The molecule has 1 saturated heterocycles. The number of fused-ring (bicyclic) bond motifs is 2. The van der Waals surface area contributed by atoms with Gasteiger partial charge in [0.15, 0.2) is 0 Å². The zero-order valence-corrected chi connectivity index (χ0v) is 12.4. The van der Waals surface area contributed by atoms with Gasteiger partial charge in [0.05, 0.1) is 3.79 Å². The van der Waals surface area contributed by atoms with E-state index in [1.807, 2.05) is 0 Å². The van der Waals surface area contributed by atoms with Crippen molar-refractivity contribution < 1.29 is 5.11 Å². The summed E-state index contributed by atoms with van der Waals surface area (Å²) >= 11 is 5.21. The second-order valence-electron chi connectivity index (χ2n) is 5.48. The van der Waals surface area contributed by atoms with Crippen LogP contribution in [-0.4, -0.2) is 30.1 Å². The van der Waals surface area contributed by atoms with Crippen LogP contribution in [0.2, 0.25) is 0 Å². The van der Waals surface area contributed by atoms with Gasteiger partial charge in [0.1, 0.15) is 5.60 Å². The fourth-order valence-corrected chi connectivity index (χ4v) is 5.24. The van der Waals surface area contributed by atoms with E-state index in [9.17, 15) is 5.11 Å². The molecule has 2 heterocycles. The Labute approximate surface area is 115 Å². The molecule has 3 atom stereocenters. The largest absolute Gasteiger partial charge is 0.384 e. The Morgan fingerprint density at radius 2 is 2.00 bits per heavy atom. The summed E-state index contributed by atoms with van der Waals surface area (Å²) in [6.07, 6.45) is 3.59. The van der Waals surface area contributed by atoms with Crippen LogP contribution in [0.25, 0.3) is 0 Å². The summed E-state index contributed by atoms with van der Waals surface area (Å²) < 4.78 is 1.12. The average molecular weight is 316 g/mol. The molecule has 1 saturated carbocycles. The Morgan fingerprint density at radius 3 is 2.53 bits per heavy atom. The number of piperidine rings is 1. The van der Waals surface area contributed by atoms with Crippen molar-refractivity contribution in [2.45, 2.75) is 24.9 Å². The molecule has 1 aromatic rings. The lowest BCUT2D eigenvalue weighted by Gasteiger charge is -2.52. The molecule has 0 radical (unpaired) electrons. The molecular weight excluding hydrogens is 298 g/mol. The number of hydrogen-bond acceptors (Lipinski definition) is 3. The highest BCUT2D eigenvalue weighted by Gasteiger charge is 2.51. The molecule has 3 rings (SSSR count). The van der Waals surface area contributed by atoms with Crippen molar-refractivity contribution in [2.75, 3.05) is 20.1 Å². The SMILES string of the molecule is CN1C[C@H]2CCC[C@@H](C1)C2(O)c1ccc(Br)s1. The van der Waals surface area contributed by atoms with Crippen molar-refractivity contribution in [3.63, 3.8) is 0 Å². The van der Waals surface area contributed by atoms with Gasteiger partial charge in [-0.05, 0) is 48.0 Å². The van der Waals surface area contributed by atoms with Crippen LogP contribution in [0.5, 0.6) is 0 Å². The number of halogens is 1. The second-order valence-corrected chi connectivity index (χ2v) is 7.94. The summed E-state index contributed by atoms with van der Waals surface area (Å²) in [5, 5.41) is 11.2. The second kappa shape index (κ2) is 4.34. The number of aliphatic hydroxyl groups is 1. The lowest BCUT2D eigenvalue weighted by molar-refractivity contribution is -0.140. The fourth-order valence-electron chi connectivity index (χ4n) is 3.60. The zero-order valence-electron chi connectivity index (χ0n) is 10.0. The highest BCUT2D eigenvalue weighted by molar-refractivity contribution is 9.11. The third kappa shape index (κ3) is 1.89. The van der Waals surface area contributed by atoms with Crippen molar-refractivity contribution >= 4 is 27.3 Å². The number of hydrogen-bond donors (Lipinski definition) is 1. The molecule has 2 nitrogen and oxygen atoms in total. The van der Waals surface area contributed by atoms with Gasteiger partial charge in [-0.3, -0.25) is 0 Å². The molecule has 1 aromatic heterocycles. The first-order valence-electron chi connectivity index (χ1n) is 6.27. The summed E-state index contributed by atoms with van der Waals surface area (Å²) in [5.41, 5.74) is -0.568. The first-order chi connectivity index (χ1) is 8.10. The number of thiophene rings is 1. The van der Waals surface area contributed by atoms with Crippen molar-refractivity contribution in [2.24, 2.45) is 11.8 Å². The van der Waals surface area contributed by atoms with Gasteiger partial charge in [-0.15, -0.1) is 11.3 Å². The highest BCUT2D eigenvalue weighted by atomic mass is 79.9. The van der Waals surface area contributed by atoms with Crippen LogP contribution in [0.3, 0.4) is 0 Å². The summed E-state index contributed by atoms with van der Waals surface area (Å²) in [7, 11) is 2.18. The van der Waals surface area contributed by atoms with Crippen LogP contribution in [0.15, 0.2) is 15.9 Å². The Kier molecular flexibility index (Phi) is 3.10. The summed E-state index contributed by atoms with van der Waals surface area (Å²) in [6.45, 7) is 2.06. The molecule has 1 aliphatic heterocycles. The standard InChI is InChI=1S/C13H18BrNOS/c1-15-7-9-3-2-4-10(8-15)13(9,16)11-5-6-12(14)17-11/h5-6,9-10,16H,2-4,7-8H2,1H3/t9-,10+,13?. The quantitative estimate of drug-likeness (QED) is 0.861. The third-order valence-electron chi connectivity index (χ3n) is 4.38. The molecule has 0 amide bonds. The lowest BCUT2D eigenvalue weighted by atomic mass is 9.65. The maximum Gasteiger partial charge on any atom is 0.107 e. The van der Waals surface area contributed by atoms with E-state index in [-0.39, 0.29) is 0 Å². The maximum absolute atomic E-state index is 11.2. The van der Waals surface area contributed by atoms with Gasteiger partial charge in [0.2, 0.25) is 0 Å². The fraction of sp³-hybridized carbons (Fsp3) is 0.692. The van der Waals surface area contributed by atoms with Crippen molar-refractivity contribution in [3.05, 3.63) is 20.8 Å². The molecule has 0 aromatic carbocycles. The van der Waals surface area contributed by atoms with Gasteiger partial charge in [-0.25, -0.2) is 0 Å². The molecule has 2 aliphatic rings. The molecule has 4 heteroatoms. The van der Waals surface area contributed by atoms with Gasteiger partial charge < -0.3 is 10.0 Å². The minimum Gasteiger partial charge on any atom is -0.384 e. The van der Waals surface area contributed by atoms with E-state index >= 15 is 0 Å². The van der Waals surface area contributed by atoms with E-state index in [0.717, 1.165) is 34.6 Å². The summed E-state index contributed by atoms with van der Waals surface area (Å²) in [4.78, 5) is 3.54. The Balaban J connectivity index is 2.00. The summed E-state index contributed by atoms with van der Waals surface area (Å²) in [6, 6.07) is 4.16. The Bertz CT molecular complexity index is 405. The predicted molar refractivity (Wildman–Crippen MR) is 74.2 cm³/mol. The van der Waals surface area contributed by atoms with Crippen LogP contribution in [-0.2, 0) is 5.60 Å². The Hall–Kier alpha value is 0.1000. The molecule has 2 bridgehead atoms. The number of likely N-dealkylation sites (tertiary alicyclic amines) is 1. The van der Waals surface area contributed by atoms with Crippen LogP contribution in [0.1, 0.15) is 24.1 Å². The van der Waals surface area contributed by atoms with Gasteiger partial charge in [0.25, 0.3) is 0 Å². The van der Waals surface area contributed by atoms with Crippen molar-refractivity contribution in [1.29, 1.82) is 0 Å². The number of nitrogens with zero attached hydrogens (tertiary/aromatic N) is 1. The first kappa shape index (κ1) is 12.2. The molecule has 0 spiro atoms. The van der Waals surface area contributed by atoms with E-state index in [4.69, 9.17) is 0 Å². The van der Waals surface area contributed by atoms with E-state index in [1.165, 1.54) is 6.42 Å². The molecule has 1 N–H and O–H groups in total. The summed E-state index contributed by atoms with van der Waals surface area (Å²) in [5.74, 6) is 0.816. The molecule has 17 heavy (non-hydrogen) atoms. The van der Waals surface area contributed by atoms with Gasteiger partial charge >= 0.3 is 0 Å². The molecule has 94 valence electrons. The molecule has 1 unspecified atom stereocenters. The van der Waals surface area contributed by atoms with Crippen LogP contribution in [0.4, 0.5) is 0 Å². The van der Waals surface area contributed by atoms with E-state index < -0.39 is 5.60 Å². The minimum atomic E-state index is -0.568. The van der Waals surface area contributed by atoms with Crippen molar-refractivity contribution in [1.82, 2.24) is 4.90 Å². The first-order valence-corrected chi connectivity index (χ1v) is 7.88. The zero-order chi connectivity index (χ0) is 12.0. The van der Waals surface area contributed by atoms with E-state index in [1.54, 1.807) is 11.3 Å². The lowest BCUT2D eigenvalue weighted by Crippen LogP contribution is -2.56. The van der Waals surface area contributed by atoms with Gasteiger partial charge in [-0.1, -0.05) is 6.42 Å². The topological polar surface area (TPSA) is 23.5 Å². The minimum absolute atomic E-state index is 0.408. The predicted octanol–water partition coefficient (Wildman–Crippen LogP) is 3.06. The molecule has 2 fully saturated rings. The van der Waals surface area contributed by atoms with Crippen LogP contribution < -0.4 is 0 Å². The third-order valence-corrected chi connectivity index (χ3v) is 6.15. The molecular formula is C13H18BrNOS. The number of rotatable bonds is 1. The van der Waals surface area contributed by atoms with E-state index in [2.05, 4.69) is 40.0 Å². The maximum atomic E-state index is 11.2. The van der Waals surface area contributed by atoms with Gasteiger partial charge in [-0.2, -0.15) is 0 Å². The Morgan fingerprint density at radius 1 is 1.35 bits per heavy atom. The van der Waals surface area contributed by atoms with E-state index in [0.29, 0.717) is 11.8 Å².